The van der Waals surface area contributed by atoms with Crippen LogP contribution in [0.15, 0.2) is 42.7 Å². The van der Waals surface area contributed by atoms with Gasteiger partial charge in [-0.1, -0.05) is 101 Å². The third-order valence-electron chi connectivity index (χ3n) is 11.5. The van der Waals surface area contributed by atoms with Crippen molar-refractivity contribution in [2.45, 2.75) is 123 Å². The van der Waals surface area contributed by atoms with Gasteiger partial charge in [0.25, 0.3) is 0 Å². The predicted octanol–water partition coefficient (Wildman–Crippen LogP) is 10.9. The van der Waals surface area contributed by atoms with Gasteiger partial charge in [-0.3, -0.25) is 9.97 Å². The molecule has 8 rings (SSSR count). The summed E-state index contributed by atoms with van der Waals surface area (Å²) in [5.41, 5.74) is 14.5. The highest BCUT2D eigenvalue weighted by molar-refractivity contribution is 6.27. The quantitative estimate of drug-likeness (QED) is 0.179. The molecule has 2 aliphatic carbocycles. The Hall–Kier alpha value is -3.46. The minimum absolute atomic E-state index is 0.0104. The first-order valence-corrected chi connectivity index (χ1v) is 16.6. The molecule has 3 nitrogen and oxygen atoms in total. The van der Waals surface area contributed by atoms with Gasteiger partial charge in [-0.2, -0.15) is 0 Å². The molecule has 0 spiro atoms. The van der Waals surface area contributed by atoms with Crippen molar-refractivity contribution in [1.29, 1.82) is 0 Å². The van der Waals surface area contributed by atoms with E-state index in [-0.39, 0.29) is 27.1 Å². The molecule has 0 unspecified atom stereocenters. The minimum Gasteiger partial charge on any atom is -0.305 e. The molecule has 4 aromatic heterocycles. The lowest BCUT2D eigenvalue weighted by molar-refractivity contribution is 0.326. The zero-order valence-electron chi connectivity index (χ0n) is 28.8. The molecule has 2 aromatic carbocycles. The Kier molecular flexibility index (Phi) is 5.12. The second-order valence-corrected chi connectivity index (χ2v) is 17.9. The van der Waals surface area contributed by atoms with E-state index in [9.17, 15) is 0 Å². The van der Waals surface area contributed by atoms with Crippen LogP contribution in [0.25, 0.3) is 49.2 Å². The first-order chi connectivity index (χ1) is 20.3. The second-order valence-electron chi connectivity index (χ2n) is 17.9. The molecule has 44 heavy (non-hydrogen) atoms. The Balaban J connectivity index is 1.61. The van der Waals surface area contributed by atoms with Crippen LogP contribution in [0, 0.1) is 0 Å². The Morgan fingerprint density at radius 2 is 1.23 bits per heavy atom. The van der Waals surface area contributed by atoms with Crippen LogP contribution in [0.4, 0.5) is 0 Å². The first kappa shape index (κ1) is 28.0. The highest BCUT2D eigenvalue weighted by Gasteiger charge is 2.43. The lowest BCUT2D eigenvalue weighted by atomic mass is 9.64. The van der Waals surface area contributed by atoms with Gasteiger partial charge in [-0.05, 0) is 69.0 Å². The van der Waals surface area contributed by atoms with Gasteiger partial charge < -0.3 is 4.40 Å². The van der Waals surface area contributed by atoms with Crippen LogP contribution < -0.4 is 0 Å². The van der Waals surface area contributed by atoms with E-state index >= 15 is 0 Å². The van der Waals surface area contributed by atoms with Crippen LogP contribution in [0.2, 0.25) is 0 Å². The molecule has 0 fully saturated rings. The molecule has 226 valence electrons. The van der Waals surface area contributed by atoms with Gasteiger partial charge in [-0.15, -0.1) is 0 Å². The lowest BCUT2D eigenvalue weighted by Crippen LogP contribution is -2.35. The Labute approximate surface area is 262 Å². The summed E-state index contributed by atoms with van der Waals surface area (Å²) in [6.45, 7) is 28.3. The zero-order chi connectivity index (χ0) is 31.5. The van der Waals surface area contributed by atoms with E-state index in [0.717, 1.165) is 6.42 Å². The van der Waals surface area contributed by atoms with Crippen molar-refractivity contribution in [1.82, 2.24) is 14.4 Å². The smallest absolute Gasteiger partial charge is 0.0732 e. The second kappa shape index (κ2) is 8.03. The topological polar surface area (TPSA) is 30.2 Å². The SMILES string of the molecule is CC(C)(C)c1ccc2c(c1)-c1c(ncc3c1c1cc(C(C)(C)C)cc4c5c6c(ncc5n3c14)C(C)(C)CCC6(C)C)C2(C)C. The van der Waals surface area contributed by atoms with Crippen molar-refractivity contribution in [3.8, 4) is 11.1 Å². The normalized spacial score (nSPS) is 18.8. The van der Waals surface area contributed by atoms with Crippen LogP contribution in [0.3, 0.4) is 0 Å². The largest absolute Gasteiger partial charge is 0.305 e. The summed E-state index contributed by atoms with van der Waals surface area (Å²) in [5, 5.41) is 5.47. The number of rotatable bonds is 0. The number of fused-ring (bicyclic) bond motifs is 12. The first-order valence-electron chi connectivity index (χ1n) is 16.6. The fraction of sp³-hybridized carbons (Fsp3) is 0.463. The maximum atomic E-state index is 5.32. The van der Waals surface area contributed by atoms with E-state index < -0.39 is 0 Å². The molecule has 0 saturated carbocycles. The number of pyridine rings is 2. The van der Waals surface area contributed by atoms with Crippen LogP contribution in [0.1, 0.15) is 130 Å². The van der Waals surface area contributed by atoms with Crippen molar-refractivity contribution in [3.05, 3.63) is 76.4 Å². The predicted molar refractivity (Wildman–Crippen MR) is 187 cm³/mol. The van der Waals surface area contributed by atoms with Crippen LogP contribution in [0.5, 0.6) is 0 Å². The van der Waals surface area contributed by atoms with Crippen LogP contribution >= 0.6 is 0 Å². The number of benzene rings is 2. The monoisotopic (exact) mass is 581 g/mol. The fourth-order valence-corrected chi connectivity index (χ4v) is 8.61. The van der Waals surface area contributed by atoms with Crippen LogP contribution in [-0.2, 0) is 27.1 Å². The van der Waals surface area contributed by atoms with Gasteiger partial charge >= 0.3 is 0 Å². The van der Waals surface area contributed by atoms with Crippen LogP contribution in [-0.4, -0.2) is 14.4 Å². The van der Waals surface area contributed by atoms with Crippen molar-refractivity contribution >= 4 is 38.1 Å². The Morgan fingerprint density at radius 3 is 1.86 bits per heavy atom. The van der Waals surface area contributed by atoms with E-state index in [4.69, 9.17) is 9.97 Å². The molecule has 0 amide bonds. The molecule has 6 aromatic rings. The molecule has 0 N–H and O–H groups in total. The standard InChI is InChI=1S/C41H47N3/c1-37(2,3)22-13-14-27-24(17-22)32-30-25-18-23(38(4,5)6)19-26-31-29(21-43-36-33(31)39(7,8)15-16-40(36,9)10)44(34(25)26)28(30)20-42-35(32)41(27,11)12/h13-14,17-21H,15-16H2,1-12H3. The third-order valence-corrected chi connectivity index (χ3v) is 11.5. The van der Waals surface area contributed by atoms with E-state index in [1.807, 2.05) is 0 Å². The number of nitrogens with zero attached hydrogens (tertiary/aromatic N) is 3. The molecule has 0 bridgehead atoms. The van der Waals surface area contributed by atoms with Gasteiger partial charge in [-0.25, -0.2) is 0 Å². The molecular weight excluding hydrogens is 534 g/mol. The van der Waals surface area contributed by atoms with Gasteiger partial charge in [0.05, 0.1) is 40.3 Å². The molecule has 3 heteroatoms. The summed E-state index contributed by atoms with van der Waals surface area (Å²) in [6, 6.07) is 12.2. The van der Waals surface area contributed by atoms with E-state index in [0.29, 0.717) is 0 Å². The van der Waals surface area contributed by atoms with Gasteiger partial charge in [0.15, 0.2) is 0 Å². The summed E-state index contributed by atoms with van der Waals surface area (Å²) in [5.74, 6) is 0. The number of hydrogen-bond acceptors (Lipinski definition) is 2. The highest BCUT2D eigenvalue weighted by atomic mass is 14.9. The lowest BCUT2D eigenvalue weighted by Gasteiger charge is -2.41. The number of hydrogen-bond donors (Lipinski definition) is 0. The third kappa shape index (κ3) is 3.39. The maximum Gasteiger partial charge on any atom is 0.0732 e. The molecule has 0 saturated heterocycles. The molecule has 0 radical (unpaired) electrons. The van der Waals surface area contributed by atoms with Crippen molar-refractivity contribution in [2.24, 2.45) is 0 Å². The Bertz CT molecular complexity index is 2210. The van der Waals surface area contributed by atoms with E-state index in [1.54, 1.807) is 0 Å². The van der Waals surface area contributed by atoms with Crippen molar-refractivity contribution in [2.75, 3.05) is 0 Å². The average Bonchev–Trinajstić information content (AvgIpc) is 3.52. The fourth-order valence-electron chi connectivity index (χ4n) is 8.61. The van der Waals surface area contributed by atoms with Gasteiger partial charge in [0.1, 0.15) is 0 Å². The van der Waals surface area contributed by atoms with Crippen molar-refractivity contribution in [3.63, 3.8) is 0 Å². The van der Waals surface area contributed by atoms with E-state index in [2.05, 4.69) is 130 Å². The molecule has 2 aliphatic rings. The summed E-state index contributed by atoms with van der Waals surface area (Å²) in [7, 11) is 0. The summed E-state index contributed by atoms with van der Waals surface area (Å²) >= 11 is 0. The van der Waals surface area contributed by atoms with Gasteiger partial charge in [0.2, 0.25) is 0 Å². The average molecular weight is 582 g/mol. The molecule has 0 aliphatic heterocycles. The van der Waals surface area contributed by atoms with E-state index in [1.165, 1.54) is 89.3 Å². The summed E-state index contributed by atoms with van der Waals surface area (Å²) in [4.78, 5) is 10.6. The summed E-state index contributed by atoms with van der Waals surface area (Å²) < 4.78 is 2.51. The van der Waals surface area contributed by atoms with Crippen molar-refractivity contribution < 1.29 is 0 Å². The maximum absolute atomic E-state index is 5.32. The summed E-state index contributed by atoms with van der Waals surface area (Å²) in [6.07, 6.45) is 6.67. The minimum atomic E-state index is -0.160. The number of aromatic nitrogens is 3. The Morgan fingerprint density at radius 1 is 0.659 bits per heavy atom. The zero-order valence-corrected chi connectivity index (χ0v) is 28.8. The molecule has 4 heterocycles. The van der Waals surface area contributed by atoms with Gasteiger partial charge in [0, 0.05) is 37.9 Å². The highest BCUT2D eigenvalue weighted by Crippen LogP contribution is 2.55. The molecule has 0 atom stereocenters. The molecular formula is C41H47N3.